The Balaban J connectivity index is 0.000000515. The van der Waals surface area contributed by atoms with Crippen LogP contribution in [0.1, 0.15) is 33.1 Å². The van der Waals surface area contributed by atoms with Crippen LogP contribution in [0.3, 0.4) is 0 Å². The van der Waals surface area contributed by atoms with Crippen molar-refractivity contribution in [3.8, 4) is 0 Å². The van der Waals surface area contributed by atoms with E-state index >= 15 is 0 Å². The van der Waals surface area contributed by atoms with E-state index in [9.17, 15) is 4.79 Å². The van der Waals surface area contributed by atoms with Crippen molar-refractivity contribution in [1.82, 2.24) is 0 Å². The summed E-state index contributed by atoms with van der Waals surface area (Å²) in [4.78, 5) is 13.6. The fraction of sp³-hybridized carbons (Fsp3) is 0.412. The van der Waals surface area contributed by atoms with Crippen LogP contribution in [0.4, 0.5) is 5.69 Å². The largest absolute Gasteiger partial charge is 0.384 e. The second kappa shape index (κ2) is 13.0. The molecule has 0 aliphatic carbocycles. The molecule has 0 aliphatic rings. The Morgan fingerprint density at radius 1 is 1.35 bits per heavy atom. The Kier molecular flexibility index (Phi) is 12.1. The summed E-state index contributed by atoms with van der Waals surface area (Å²) in [6.07, 6.45) is 7.30. The molecule has 1 aromatic carbocycles. The van der Waals surface area contributed by atoms with Crippen molar-refractivity contribution in [2.45, 2.75) is 33.1 Å². The minimum Gasteiger partial charge on any atom is -0.384 e. The number of rotatable bonds is 7. The van der Waals surface area contributed by atoms with E-state index in [1.807, 2.05) is 6.07 Å². The number of unbranched alkanes of at least 4 members (excludes halogenated alkanes) is 1. The zero-order valence-electron chi connectivity index (χ0n) is 13.9. The van der Waals surface area contributed by atoms with Crippen molar-refractivity contribution in [2.24, 2.45) is 16.6 Å². The molecule has 0 amide bonds. The molecule has 1 aromatic rings. The highest BCUT2D eigenvalue weighted by molar-refractivity contribution is 6.42. The smallest absolute Gasteiger partial charge is 0.119 e. The number of amidine groups is 1. The number of carbonyl (C=O) groups is 1. The number of hydrogen-bond acceptors (Lipinski definition) is 3. The molecule has 23 heavy (non-hydrogen) atoms. The number of aldehydes is 1. The van der Waals surface area contributed by atoms with Crippen molar-refractivity contribution in [2.75, 3.05) is 12.4 Å². The highest BCUT2D eigenvalue weighted by atomic mass is 35.5. The van der Waals surface area contributed by atoms with Gasteiger partial charge in [-0.1, -0.05) is 43.5 Å². The van der Waals surface area contributed by atoms with E-state index < -0.39 is 0 Å². The van der Waals surface area contributed by atoms with Gasteiger partial charge in [0.05, 0.1) is 10.0 Å². The first-order valence-corrected chi connectivity index (χ1v) is 8.20. The number of benzene rings is 1. The molecule has 3 N–H and O–H groups in total. The Morgan fingerprint density at radius 2 is 2.04 bits per heavy atom. The monoisotopic (exact) mass is 357 g/mol. The number of hydrogen-bond donors (Lipinski definition) is 2. The van der Waals surface area contributed by atoms with Gasteiger partial charge in [0.1, 0.15) is 12.1 Å². The highest BCUT2D eigenvalue weighted by Crippen LogP contribution is 2.24. The Labute approximate surface area is 148 Å². The molecule has 1 rings (SSSR count). The van der Waals surface area contributed by atoms with Gasteiger partial charge in [-0.3, -0.25) is 4.99 Å². The van der Waals surface area contributed by atoms with Gasteiger partial charge in [-0.15, -0.1) is 0 Å². The molecular weight excluding hydrogens is 333 g/mol. The van der Waals surface area contributed by atoms with Crippen LogP contribution in [0.15, 0.2) is 35.5 Å². The average Bonchev–Trinajstić information content (AvgIpc) is 2.51. The first-order chi connectivity index (χ1) is 10.9. The summed E-state index contributed by atoms with van der Waals surface area (Å²) in [5.74, 6) is 1.19. The van der Waals surface area contributed by atoms with Gasteiger partial charge in [0.25, 0.3) is 0 Å². The maximum atomic E-state index is 9.79. The van der Waals surface area contributed by atoms with Crippen LogP contribution in [0.5, 0.6) is 0 Å². The van der Waals surface area contributed by atoms with Crippen molar-refractivity contribution >= 4 is 41.0 Å². The SMILES string of the molecule is CC(C)CCCC=O.CN=C(N)/C=C\Nc1ccc(Cl)c(Cl)c1. The van der Waals surface area contributed by atoms with Crippen LogP contribution in [0, 0.1) is 5.92 Å². The Bertz CT molecular complexity index is 529. The van der Waals surface area contributed by atoms with Gasteiger partial charge in [-0.05, 0) is 36.6 Å². The van der Waals surface area contributed by atoms with Gasteiger partial charge in [0.15, 0.2) is 0 Å². The van der Waals surface area contributed by atoms with Gasteiger partial charge in [-0.2, -0.15) is 0 Å². The van der Waals surface area contributed by atoms with E-state index in [1.54, 1.807) is 31.5 Å². The van der Waals surface area contributed by atoms with Gasteiger partial charge in [0, 0.05) is 25.4 Å². The zero-order chi connectivity index (χ0) is 17.7. The lowest BCUT2D eigenvalue weighted by molar-refractivity contribution is -0.107. The number of nitrogens with zero attached hydrogens (tertiary/aromatic N) is 1. The number of nitrogens with two attached hydrogens (primary N) is 1. The summed E-state index contributed by atoms with van der Waals surface area (Å²) in [5, 5.41) is 4.03. The van der Waals surface area contributed by atoms with Crippen LogP contribution >= 0.6 is 23.2 Å². The lowest BCUT2D eigenvalue weighted by Crippen LogP contribution is -2.07. The summed E-state index contributed by atoms with van der Waals surface area (Å²) in [6.45, 7) is 4.34. The lowest BCUT2D eigenvalue weighted by atomic mass is 10.1. The fourth-order valence-corrected chi connectivity index (χ4v) is 1.79. The molecule has 4 nitrogen and oxygen atoms in total. The van der Waals surface area contributed by atoms with E-state index in [2.05, 4.69) is 24.2 Å². The molecule has 0 fully saturated rings. The summed E-state index contributed by atoms with van der Waals surface area (Å²) in [6, 6.07) is 5.27. The van der Waals surface area contributed by atoms with E-state index in [1.165, 1.54) is 6.42 Å². The first-order valence-electron chi connectivity index (χ1n) is 7.44. The molecule has 6 heteroatoms. The molecule has 0 saturated carbocycles. The normalized spacial score (nSPS) is 11.3. The number of anilines is 1. The summed E-state index contributed by atoms with van der Waals surface area (Å²) < 4.78 is 0. The van der Waals surface area contributed by atoms with Crippen LogP contribution in [0.2, 0.25) is 10.0 Å². The molecule has 0 unspecified atom stereocenters. The first kappa shape index (κ1) is 21.5. The molecule has 0 saturated heterocycles. The van der Waals surface area contributed by atoms with Crippen LogP contribution < -0.4 is 11.1 Å². The van der Waals surface area contributed by atoms with E-state index in [0.717, 1.165) is 30.7 Å². The number of carbonyl (C=O) groups excluding carboxylic acids is 1. The third kappa shape index (κ3) is 11.7. The maximum Gasteiger partial charge on any atom is 0.119 e. The number of aliphatic imine (C=N–C) groups is 1. The Hall–Kier alpha value is -1.52. The third-order valence-corrected chi connectivity index (χ3v) is 3.52. The van der Waals surface area contributed by atoms with Crippen molar-refractivity contribution in [1.29, 1.82) is 0 Å². The van der Waals surface area contributed by atoms with Crippen molar-refractivity contribution in [3.63, 3.8) is 0 Å². The molecular formula is C17H25Cl2N3O. The van der Waals surface area contributed by atoms with Gasteiger partial charge in [0.2, 0.25) is 0 Å². The van der Waals surface area contributed by atoms with Gasteiger partial charge >= 0.3 is 0 Å². The van der Waals surface area contributed by atoms with E-state index in [4.69, 9.17) is 28.9 Å². The predicted molar refractivity (Wildman–Crippen MR) is 102 cm³/mol. The zero-order valence-corrected chi connectivity index (χ0v) is 15.4. The number of nitrogens with one attached hydrogen (secondary N) is 1. The lowest BCUT2D eigenvalue weighted by Gasteiger charge is -2.02. The summed E-state index contributed by atoms with van der Waals surface area (Å²) in [5.41, 5.74) is 6.30. The molecule has 0 atom stereocenters. The average molecular weight is 358 g/mol. The van der Waals surface area contributed by atoms with E-state index in [0.29, 0.717) is 15.9 Å². The summed E-state index contributed by atoms with van der Waals surface area (Å²) in [7, 11) is 1.62. The van der Waals surface area contributed by atoms with Crippen LogP contribution in [-0.4, -0.2) is 19.2 Å². The standard InChI is InChI=1S/C10H11Cl2N3.C7H14O/c1-14-10(13)4-5-15-7-2-3-8(11)9(12)6-7;1-7(2)5-3-4-6-8/h2-6,15H,1H3,(H2,13,14);6-7H,3-5H2,1-2H3/b5-4-;. The third-order valence-electron chi connectivity index (χ3n) is 2.79. The molecule has 0 radical (unpaired) electrons. The minimum absolute atomic E-state index is 0.447. The predicted octanol–water partition coefficient (Wildman–Crippen LogP) is 4.92. The molecule has 0 aromatic heterocycles. The minimum atomic E-state index is 0.447. The highest BCUT2D eigenvalue weighted by Gasteiger charge is 1.97. The summed E-state index contributed by atoms with van der Waals surface area (Å²) >= 11 is 11.6. The maximum absolute atomic E-state index is 9.79. The molecule has 128 valence electrons. The second-order valence-corrected chi connectivity index (χ2v) is 6.06. The molecule has 0 bridgehead atoms. The molecule has 0 heterocycles. The van der Waals surface area contributed by atoms with Crippen LogP contribution in [0.25, 0.3) is 0 Å². The Morgan fingerprint density at radius 3 is 2.57 bits per heavy atom. The quantitative estimate of drug-likeness (QED) is 0.315. The van der Waals surface area contributed by atoms with Crippen molar-refractivity contribution in [3.05, 3.63) is 40.5 Å². The number of halogens is 2. The molecule has 0 aliphatic heterocycles. The second-order valence-electron chi connectivity index (χ2n) is 5.25. The van der Waals surface area contributed by atoms with Gasteiger partial charge < -0.3 is 15.8 Å². The van der Waals surface area contributed by atoms with E-state index in [-0.39, 0.29) is 0 Å². The fourth-order valence-electron chi connectivity index (χ4n) is 1.49. The molecule has 0 spiro atoms. The van der Waals surface area contributed by atoms with Gasteiger partial charge in [-0.25, -0.2) is 0 Å². The topological polar surface area (TPSA) is 67.5 Å². The van der Waals surface area contributed by atoms with Crippen LogP contribution in [-0.2, 0) is 4.79 Å². The van der Waals surface area contributed by atoms with Crippen molar-refractivity contribution < 1.29 is 4.79 Å².